The number of hydrogen-bond acceptors (Lipinski definition) is 4. The lowest BCUT2D eigenvalue weighted by Crippen LogP contribution is -2.27. The van der Waals surface area contributed by atoms with Crippen molar-refractivity contribution in [3.63, 3.8) is 0 Å². The molecule has 4 nitrogen and oxygen atoms in total. The van der Waals surface area contributed by atoms with Crippen molar-refractivity contribution in [2.45, 2.75) is 30.8 Å². The molecule has 1 amide bonds. The van der Waals surface area contributed by atoms with Crippen molar-refractivity contribution in [3.8, 4) is 0 Å². The summed E-state index contributed by atoms with van der Waals surface area (Å²) in [5.74, 6) is -0.0102. The van der Waals surface area contributed by atoms with Crippen LogP contribution in [0.2, 0.25) is 5.02 Å². The van der Waals surface area contributed by atoms with Crippen LogP contribution in [-0.2, 0) is 4.79 Å². The largest absolute Gasteiger partial charge is 0.326 e. The predicted molar refractivity (Wildman–Crippen MR) is 85.7 cm³/mol. The fraction of sp³-hybridized carbons (Fsp3) is 0.267. The van der Waals surface area contributed by atoms with Crippen molar-refractivity contribution in [2.75, 3.05) is 5.32 Å². The third-order valence-electron chi connectivity index (χ3n) is 2.60. The number of amides is 1. The smallest absolute Gasteiger partial charge is 0.229 e. The molecule has 0 spiro atoms. The van der Waals surface area contributed by atoms with Crippen LogP contribution in [0.3, 0.4) is 0 Å². The first kappa shape index (κ1) is 15.8. The highest BCUT2D eigenvalue weighted by atomic mass is 35.5. The fourth-order valence-electron chi connectivity index (χ4n) is 1.38. The van der Waals surface area contributed by atoms with Crippen molar-refractivity contribution >= 4 is 35.0 Å². The van der Waals surface area contributed by atoms with E-state index in [2.05, 4.69) is 15.3 Å². The molecule has 0 bridgehead atoms. The molecule has 21 heavy (non-hydrogen) atoms. The number of benzene rings is 1. The topological polar surface area (TPSA) is 54.9 Å². The van der Waals surface area contributed by atoms with Crippen LogP contribution < -0.4 is 5.32 Å². The third kappa shape index (κ3) is 4.72. The van der Waals surface area contributed by atoms with Crippen molar-refractivity contribution < 1.29 is 4.79 Å². The van der Waals surface area contributed by atoms with Crippen molar-refractivity contribution in [3.05, 3.63) is 41.7 Å². The molecule has 1 aromatic heterocycles. The maximum Gasteiger partial charge on any atom is 0.229 e. The van der Waals surface area contributed by atoms with Gasteiger partial charge in [0.05, 0.1) is 17.4 Å². The van der Waals surface area contributed by atoms with Crippen LogP contribution in [0.15, 0.2) is 46.7 Å². The van der Waals surface area contributed by atoms with E-state index in [-0.39, 0.29) is 5.91 Å². The van der Waals surface area contributed by atoms with E-state index in [1.54, 1.807) is 12.4 Å². The van der Waals surface area contributed by atoms with E-state index >= 15 is 0 Å². The van der Waals surface area contributed by atoms with Crippen molar-refractivity contribution in [1.82, 2.24) is 9.97 Å². The molecule has 110 valence electrons. The molecule has 0 radical (unpaired) electrons. The molecule has 1 heterocycles. The minimum Gasteiger partial charge on any atom is -0.326 e. The first-order valence-electron chi connectivity index (χ1n) is 6.41. The monoisotopic (exact) mass is 321 g/mol. The standard InChI is InChI=1S/C15H16ClN3OS/c1-15(2,3)13(20)19-11-4-6-12(7-5-11)21-14-17-8-10(16)9-18-14/h4-9H,1-3H3,(H,19,20). The number of anilines is 1. The van der Waals surface area contributed by atoms with Crippen LogP contribution in [-0.4, -0.2) is 15.9 Å². The zero-order valence-electron chi connectivity index (χ0n) is 12.1. The quantitative estimate of drug-likeness (QED) is 0.858. The van der Waals surface area contributed by atoms with Gasteiger partial charge in [-0.3, -0.25) is 4.79 Å². The van der Waals surface area contributed by atoms with Crippen LogP contribution in [0.4, 0.5) is 5.69 Å². The Bertz CT molecular complexity index is 621. The molecule has 0 aliphatic rings. The van der Waals surface area contributed by atoms with Crippen LogP contribution in [0.25, 0.3) is 0 Å². The summed E-state index contributed by atoms with van der Waals surface area (Å²) < 4.78 is 0. The molecule has 0 saturated heterocycles. The van der Waals surface area contributed by atoms with Gasteiger partial charge in [-0.1, -0.05) is 32.4 Å². The Morgan fingerprint density at radius 1 is 1.14 bits per heavy atom. The lowest BCUT2D eigenvalue weighted by Gasteiger charge is -2.17. The Hall–Kier alpha value is -1.59. The maximum absolute atomic E-state index is 11.9. The van der Waals surface area contributed by atoms with Gasteiger partial charge in [0.2, 0.25) is 5.91 Å². The number of aromatic nitrogens is 2. The zero-order valence-corrected chi connectivity index (χ0v) is 13.6. The van der Waals surface area contributed by atoms with Crippen molar-refractivity contribution in [2.24, 2.45) is 5.41 Å². The summed E-state index contributed by atoms with van der Waals surface area (Å²) in [5.41, 5.74) is 0.362. The van der Waals surface area contributed by atoms with Gasteiger partial charge in [0.1, 0.15) is 0 Å². The van der Waals surface area contributed by atoms with Crippen LogP contribution in [0.5, 0.6) is 0 Å². The molecule has 0 atom stereocenters. The lowest BCUT2D eigenvalue weighted by atomic mass is 9.95. The summed E-state index contributed by atoms with van der Waals surface area (Å²) in [7, 11) is 0. The van der Waals surface area contributed by atoms with Crippen molar-refractivity contribution in [1.29, 1.82) is 0 Å². The first-order chi connectivity index (χ1) is 9.84. The Labute approximate surface area is 133 Å². The second-order valence-electron chi connectivity index (χ2n) is 5.51. The highest BCUT2D eigenvalue weighted by molar-refractivity contribution is 7.99. The molecule has 0 saturated carbocycles. The molecule has 1 N–H and O–H groups in total. The fourth-order valence-corrected chi connectivity index (χ4v) is 2.17. The van der Waals surface area contributed by atoms with E-state index in [1.165, 1.54) is 11.8 Å². The molecule has 0 fully saturated rings. The van der Waals surface area contributed by atoms with Crippen LogP contribution in [0, 0.1) is 5.41 Å². The van der Waals surface area contributed by atoms with E-state index in [0.29, 0.717) is 10.2 Å². The Morgan fingerprint density at radius 2 is 1.71 bits per heavy atom. The number of nitrogens with one attached hydrogen (secondary N) is 1. The van der Waals surface area contributed by atoms with Gasteiger partial charge in [-0.25, -0.2) is 9.97 Å². The van der Waals surface area contributed by atoms with E-state index in [1.807, 2.05) is 45.0 Å². The molecular weight excluding hydrogens is 306 g/mol. The number of hydrogen-bond donors (Lipinski definition) is 1. The van der Waals surface area contributed by atoms with E-state index in [9.17, 15) is 4.79 Å². The van der Waals surface area contributed by atoms with Gasteiger partial charge >= 0.3 is 0 Å². The van der Waals surface area contributed by atoms with Crippen LogP contribution >= 0.6 is 23.4 Å². The number of carbonyl (C=O) groups is 1. The molecule has 2 rings (SSSR count). The molecule has 6 heteroatoms. The minimum absolute atomic E-state index is 0.0102. The first-order valence-corrected chi connectivity index (χ1v) is 7.61. The summed E-state index contributed by atoms with van der Waals surface area (Å²) in [4.78, 5) is 21.1. The van der Waals surface area contributed by atoms with E-state index in [4.69, 9.17) is 11.6 Å². The second kappa shape index (κ2) is 6.45. The summed E-state index contributed by atoms with van der Waals surface area (Å²) in [5, 5.41) is 4.03. The van der Waals surface area contributed by atoms with Gasteiger partial charge < -0.3 is 5.32 Å². The SMILES string of the molecule is CC(C)(C)C(=O)Nc1ccc(Sc2ncc(Cl)cn2)cc1. The number of carbonyl (C=O) groups excluding carboxylic acids is 1. The second-order valence-corrected chi connectivity index (χ2v) is 6.99. The zero-order chi connectivity index (χ0) is 15.5. The number of nitrogens with zero attached hydrogens (tertiary/aromatic N) is 2. The average molecular weight is 322 g/mol. The number of rotatable bonds is 3. The Balaban J connectivity index is 2.02. The minimum atomic E-state index is -0.412. The van der Waals surface area contributed by atoms with Gasteiger partial charge in [0.25, 0.3) is 0 Å². The van der Waals surface area contributed by atoms with Gasteiger partial charge in [-0.2, -0.15) is 0 Å². The maximum atomic E-state index is 11.9. The molecule has 2 aromatic rings. The molecule has 0 unspecified atom stereocenters. The Morgan fingerprint density at radius 3 is 2.24 bits per heavy atom. The van der Waals surface area contributed by atoms with Gasteiger partial charge in [0.15, 0.2) is 5.16 Å². The van der Waals surface area contributed by atoms with Gasteiger partial charge in [-0.15, -0.1) is 0 Å². The van der Waals surface area contributed by atoms with Gasteiger partial charge in [0, 0.05) is 16.0 Å². The summed E-state index contributed by atoms with van der Waals surface area (Å²) in [6, 6.07) is 7.56. The van der Waals surface area contributed by atoms with Gasteiger partial charge in [-0.05, 0) is 36.0 Å². The average Bonchev–Trinajstić information content (AvgIpc) is 2.42. The summed E-state index contributed by atoms with van der Waals surface area (Å²) >= 11 is 7.18. The predicted octanol–water partition coefficient (Wildman–Crippen LogP) is 4.27. The van der Waals surface area contributed by atoms with Crippen LogP contribution in [0.1, 0.15) is 20.8 Å². The highest BCUT2D eigenvalue weighted by Gasteiger charge is 2.20. The third-order valence-corrected chi connectivity index (χ3v) is 3.70. The number of halogens is 1. The Kier molecular flexibility index (Phi) is 4.85. The summed E-state index contributed by atoms with van der Waals surface area (Å²) in [6.45, 7) is 5.64. The molecule has 1 aromatic carbocycles. The highest BCUT2D eigenvalue weighted by Crippen LogP contribution is 2.26. The molecular formula is C15H16ClN3OS. The molecule has 0 aliphatic heterocycles. The molecule has 0 aliphatic carbocycles. The van der Waals surface area contributed by atoms with E-state index in [0.717, 1.165) is 10.6 Å². The van der Waals surface area contributed by atoms with E-state index < -0.39 is 5.41 Å². The normalized spacial score (nSPS) is 11.2. The lowest BCUT2D eigenvalue weighted by molar-refractivity contribution is -0.123. The summed E-state index contributed by atoms with van der Waals surface area (Å²) in [6.07, 6.45) is 3.13.